The Morgan fingerprint density at radius 2 is 1.86 bits per heavy atom. The van der Waals surface area contributed by atoms with Gasteiger partial charge in [0, 0.05) is 6.42 Å². The van der Waals surface area contributed by atoms with Crippen LogP contribution in [0.5, 0.6) is 5.75 Å². The van der Waals surface area contributed by atoms with E-state index < -0.39 is 0 Å². The summed E-state index contributed by atoms with van der Waals surface area (Å²) in [4.78, 5) is 20.4. The smallest absolute Gasteiger partial charge is 0.262 e. The van der Waals surface area contributed by atoms with Crippen molar-refractivity contribution in [3.63, 3.8) is 0 Å². The van der Waals surface area contributed by atoms with Gasteiger partial charge in [0.1, 0.15) is 22.6 Å². The zero-order chi connectivity index (χ0) is 20.5. The van der Waals surface area contributed by atoms with Crippen LogP contribution in [0.25, 0.3) is 16.7 Å². The van der Waals surface area contributed by atoms with Gasteiger partial charge in [0.05, 0.1) is 22.8 Å². The highest BCUT2D eigenvalue weighted by Crippen LogP contribution is 2.30. The number of fused-ring (bicyclic) bond motifs is 1. The molecule has 0 unspecified atom stereocenters. The number of aromatic nitrogens is 4. The zero-order valence-corrected chi connectivity index (χ0v) is 17.4. The molecular weight excluding hydrogens is 411 g/mol. The number of aromatic amines is 1. The highest BCUT2D eigenvalue weighted by atomic mass is 35.5. The van der Waals surface area contributed by atoms with Crippen LogP contribution in [0.15, 0.2) is 47.3 Å². The number of benzene rings is 2. The van der Waals surface area contributed by atoms with Gasteiger partial charge in [0.25, 0.3) is 5.56 Å². The van der Waals surface area contributed by atoms with Gasteiger partial charge in [0.15, 0.2) is 5.65 Å². The van der Waals surface area contributed by atoms with Crippen LogP contribution < -0.4 is 10.3 Å². The van der Waals surface area contributed by atoms with Crippen LogP contribution >= 0.6 is 23.2 Å². The van der Waals surface area contributed by atoms with Gasteiger partial charge in [-0.1, -0.05) is 48.3 Å². The fraction of sp³-hybridized carbons (Fsp3) is 0.190. The average molecular weight is 429 g/mol. The second-order valence-corrected chi connectivity index (χ2v) is 7.34. The van der Waals surface area contributed by atoms with Gasteiger partial charge in [-0.15, -0.1) is 0 Å². The maximum Gasteiger partial charge on any atom is 0.262 e. The van der Waals surface area contributed by atoms with Crippen LogP contribution in [0.2, 0.25) is 10.0 Å². The van der Waals surface area contributed by atoms with Gasteiger partial charge in [-0.05, 0) is 36.2 Å². The number of nitrogens with zero attached hydrogens (tertiary/aromatic N) is 3. The molecule has 4 aromatic rings. The lowest BCUT2D eigenvalue weighted by Crippen LogP contribution is -2.13. The molecule has 4 rings (SSSR count). The Kier molecular flexibility index (Phi) is 5.30. The molecule has 29 heavy (non-hydrogen) atoms. The highest BCUT2D eigenvalue weighted by Gasteiger charge is 2.20. The summed E-state index contributed by atoms with van der Waals surface area (Å²) in [6, 6.07) is 12.8. The van der Waals surface area contributed by atoms with Crippen LogP contribution in [0.1, 0.15) is 24.0 Å². The van der Waals surface area contributed by atoms with Gasteiger partial charge < -0.3 is 9.72 Å². The van der Waals surface area contributed by atoms with Crippen LogP contribution in [0.4, 0.5) is 0 Å². The number of para-hydroxylation sites is 1. The molecule has 1 N–H and O–H groups in total. The summed E-state index contributed by atoms with van der Waals surface area (Å²) in [5.74, 6) is 1.26. The summed E-state index contributed by atoms with van der Waals surface area (Å²) in [6.45, 7) is 1.93. The van der Waals surface area contributed by atoms with E-state index in [0.717, 1.165) is 11.3 Å². The Bertz CT molecular complexity index is 1240. The first-order valence-electron chi connectivity index (χ1n) is 9.10. The van der Waals surface area contributed by atoms with Gasteiger partial charge >= 0.3 is 0 Å². The standard InChI is InChI=1S/C21H18Cl2N4O2/c1-3-16-18-20(27(26-16)19-14(22)8-5-9-15(19)23)24-17(25-21(18)28)11-12-6-4-7-13(10-12)29-2/h4-10H,3,11H2,1-2H3,(H,24,25,28). The van der Waals surface area contributed by atoms with Crippen molar-refractivity contribution in [1.29, 1.82) is 0 Å². The predicted octanol–water partition coefficient (Wildman–Crippen LogP) is 4.58. The van der Waals surface area contributed by atoms with E-state index >= 15 is 0 Å². The van der Waals surface area contributed by atoms with Crippen molar-refractivity contribution in [2.24, 2.45) is 0 Å². The molecule has 0 aliphatic carbocycles. The molecule has 0 spiro atoms. The molecule has 8 heteroatoms. The Morgan fingerprint density at radius 1 is 1.14 bits per heavy atom. The molecule has 0 radical (unpaired) electrons. The van der Waals surface area contributed by atoms with E-state index in [1.54, 1.807) is 30.0 Å². The molecule has 0 bridgehead atoms. The van der Waals surface area contributed by atoms with Gasteiger partial charge in [-0.25, -0.2) is 9.67 Å². The summed E-state index contributed by atoms with van der Waals surface area (Å²) in [6.07, 6.45) is 1.01. The number of rotatable bonds is 5. The molecule has 2 aromatic heterocycles. The van der Waals surface area contributed by atoms with E-state index in [2.05, 4.69) is 10.1 Å². The summed E-state index contributed by atoms with van der Waals surface area (Å²) < 4.78 is 6.83. The maximum absolute atomic E-state index is 12.9. The lowest BCUT2D eigenvalue weighted by molar-refractivity contribution is 0.414. The van der Waals surface area contributed by atoms with Crippen molar-refractivity contribution in [2.75, 3.05) is 7.11 Å². The Hall–Kier alpha value is -2.83. The SMILES string of the molecule is CCc1nn(-c2c(Cl)cccc2Cl)c2nc(Cc3cccc(OC)c3)[nH]c(=O)c12. The maximum atomic E-state index is 12.9. The number of halogens is 2. The molecule has 2 aromatic carbocycles. The van der Waals surface area contributed by atoms with E-state index in [1.165, 1.54) is 0 Å². The molecule has 0 aliphatic heterocycles. The van der Waals surface area contributed by atoms with Gasteiger partial charge in [0.2, 0.25) is 0 Å². The van der Waals surface area contributed by atoms with Crippen molar-refractivity contribution in [1.82, 2.24) is 19.7 Å². The van der Waals surface area contributed by atoms with Crippen LogP contribution in [-0.4, -0.2) is 26.9 Å². The molecule has 0 saturated heterocycles. The second kappa shape index (κ2) is 7.89. The quantitative estimate of drug-likeness (QED) is 0.504. The molecule has 0 saturated carbocycles. The largest absolute Gasteiger partial charge is 0.497 e. The van der Waals surface area contributed by atoms with E-state index in [-0.39, 0.29) is 5.56 Å². The number of hydrogen-bond acceptors (Lipinski definition) is 4. The number of H-pyrrole nitrogens is 1. The minimum Gasteiger partial charge on any atom is -0.497 e. The lowest BCUT2D eigenvalue weighted by Gasteiger charge is -2.08. The van der Waals surface area contributed by atoms with Gasteiger partial charge in [-0.3, -0.25) is 4.79 Å². The van der Waals surface area contributed by atoms with E-state index in [9.17, 15) is 4.79 Å². The third-order valence-electron chi connectivity index (χ3n) is 4.65. The fourth-order valence-electron chi connectivity index (χ4n) is 3.29. The first-order valence-corrected chi connectivity index (χ1v) is 9.85. The normalized spacial score (nSPS) is 11.2. The average Bonchev–Trinajstić information content (AvgIpc) is 3.07. The van der Waals surface area contributed by atoms with E-state index in [4.69, 9.17) is 32.9 Å². The Labute approximate surface area is 177 Å². The number of methoxy groups -OCH3 is 1. The number of hydrogen-bond donors (Lipinski definition) is 1. The van der Waals surface area contributed by atoms with Gasteiger partial charge in [-0.2, -0.15) is 5.10 Å². The first kappa shape index (κ1) is 19.5. The van der Waals surface area contributed by atoms with Crippen LogP contribution in [-0.2, 0) is 12.8 Å². The summed E-state index contributed by atoms with van der Waals surface area (Å²) in [7, 11) is 1.61. The molecule has 6 nitrogen and oxygen atoms in total. The van der Waals surface area contributed by atoms with Crippen molar-refractivity contribution in [3.8, 4) is 11.4 Å². The molecule has 0 fully saturated rings. The lowest BCUT2D eigenvalue weighted by atomic mass is 10.1. The summed E-state index contributed by atoms with van der Waals surface area (Å²) >= 11 is 12.8. The topological polar surface area (TPSA) is 72.8 Å². The number of nitrogens with one attached hydrogen (secondary N) is 1. The highest BCUT2D eigenvalue weighted by molar-refractivity contribution is 6.37. The Balaban J connectivity index is 1.91. The molecule has 2 heterocycles. The van der Waals surface area contributed by atoms with E-state index in [0.29, 0.717) is 51.1 Å². The molecule has 0 atom stereocenters. The van der Waals surface area contributed by atoms with Crippen LogP contribution in [0, 0.1) is 0 Å². The molecule has 148 valence electrons. The molecular formula is C21H18Cl2N4O2. The minimum atomic E-state index is -0.237. The third-order valence-corrected chi connectivity index (χ3v) is 5.26. The number of ether oxygens (including phenoxy) is 1. The number of aryl methyl sites for hydroxylation is 1. The van der Waals surface area contributed by atoms with Crippen molar-refractivity contribution < 1.29 is 4.74 Å². The molecule has 0 amide bonds. The summed E-state index contributed by atoms with van der Waals surface area (Å²) in [5.41, 5.74) is 2.30. The predicted molar refractivity (Wildman–Crippen MR) is 115 cm³/mol. The van der Waals surface area contributed by atoms with Crippen molar-refractivity contribution >= 4 is 34.2 Å². The van der Waals surface area contributed by atoms with Crippen LogP contribution in [0.3, 0.4) is 0 Å². The third kappa shape index (κ3) is 3.61. The second-order valence-electron chi connectivity index (χ2n) is 6.52. The zero-order valence-electron chi connectivity index (χ0n) is 15.9. The first-order chi connectivity index (χ1) is 14.0. The van der Waals surface area contributed by atoms with Crippen molar-refractivity contribution in [2.45, 2.75) is 19.8 Å². The monoisotopic (exact) mass is 428 g/mol. The Morgan fingerprint density at radius 3 is 2.55 bits per heavy atom. The minimum absolute atomic E-state index is 0.237. The van der Waals surface area contributed by atoms with Crippen molar-refractivity contribution in [3.05, 3.63) is 79.9 Å². The fourth-order valence-corrected chi connectivity index (χ4v) is 3.85. The summed E-state index contributed by atoms with van der Waals surface area (Å²) in [5, 5.41) is 5.89. The molecule has 0 aliphatic rings. The van der Waals surface area contributed by atoms with E-state index in [1.807, 2.05) is 31.2 Å².